The van der Waals surface area contributed by atoms with Gasteiger partial charge in [-0.05, 0) is 25.7 Å². The molecule has 0 fully saturated rings. The van der Waals surface area contributed by atoms with Crippen LogP contribution in [0.25, 0.3) is 0 Å². The van der Waals surface area contributed by atoms with Crippen molar-refractivity contribution in [3.05, 3.63) is 11.6 Å². The van der Waals surface area contributed by atoms with Crippen molar-refractivity contribution in [2.24, 2.45) is 11.1 Å². The molecule has 0 heterocycles. The van der Waals surface area contributed by atoms with Gasteiger partial charge in [-0.15, -0.1) is 0 Å². The first-order valence-corrected chi connectivity index (χ1v) is 4.27. The van der Waals surface area contributed by atoms with Gasteiger partial charge in [0, 0.05) is 6.04 Å². The molecule has 0 amide bonds. The van der Waals surface area contributed by atoms with Gasteiger partial charge in [0.05, 0.1) is 0 Å². The van der Waals surface area contributed by atoms with Crippen LogP contribution >= 0.6 is 0 Å². The summed E-state index contributed by atoms with van der Waals surface area (Å²) in [7, 11) is 0. The first kappa shape index (κ1) is 10.7. The molecule has 0 aromatic rings. The van der Waals surface area contributed by atoms with Crippen LogP contribution in [0.1, 0.15) is 41.0 Å². The molecule has 0 aromatic carbocycles. The van der Waals surface area contributed by atoms with Crippen molar-refractivity contribution in [3.8, 4) is 0 Å². The predicted molar refractivity (Wildman–Crippen MR) is 51.5 cm³/mol. The van der Waals surface area contributed by atoms with Crippen molar-refractivity contribution < 1.29 is 0 Å². The molecule has 0 bridgehead atoms. The van der Waals surface area contributed by atoms with E-state index in [-0.39, 0.29) is 6.04 Å². The Labute approximate surface area is 70.7 Å². The molecular weight excluding hydrogens is 134 g/mol. The normalized spacial score (nSPS) is 16.7. The molecule has 0 aliphatic heterocycles. The number of hydrogen-bond donors (Lipinski definition) is 1. The molecule has 1 atom stereocenters. The smallest absolute Gasteiger partial charge is 0.00451 e. The lowest BCUT2D eigenvalue weighted by atomic mass is 9.87. The van der Waals surface area contributed by atoms with Crippen LogP contribution in [0.15, 0.2) is 11.6 Å². The molecule has 1 nitrogen and oxygen atoms in total. The van der Waals surface area contributed by atoms with Crippen molar-refractivity contribution >= 4 is 0 Å². The standard InChI is InChI=1S/C10H21N/c1-8(10(3,4)5)6-7-9(2)11/h6,9H,7,11H2,1-5H3/b8-6+. The maximum absolute atomic E-state index is 5.64. The summed E-state index contributed by atoms with van der Waals surface area (Å²) in [6, 6.07) is 0.285. The van der Waals surface area contributed by atoms with E-state index in [0.29, 0.717) is 5.41 Å². The summed E-state index contributed by atoms with van der Waals surface area (Å²) in [6.07, 6.45) is 3.23. The number of allylic oxidation sites excluding steroid dienone is 1. The highest BCUT2D eigenvalue weighted by Gasteiger charge is 2.11. The summed E-state index contributed by atoms with van der Waals surface area (Å²) in [5, 5.41) is 0. The van der Waals surface area contributed by atoms with Gasteiger partial charge in [-0.25, -0.2) is 0 Å². The van der Waals surface area contributed by atoms with Crippen LogP contribution in [0.2, 0.25) is 0 Å². The van der Waals surface area contributed by atoms with Crippen LogP contribution in [0.5, 0.6) is 0 Å². The molecule has 1 heteroatoms. The van der Waals surface area contributed by atoms with Crippen molar-refractivity contribution in [1.82, 2.24) is 0 Å². The van der Waals surface area contributed by atoms with E-state index in [1.165, 1.54) is 5.57 Å². The van der Waals surface area contributed by atoms with Gasteiger partial charge in [0.15, 0.2) is 0 Å². The van der Waals surface area contributed by atoms with E-state index >= 15 is 0 Å². The molecule has 11 heavy (non-hydrogen) atoms. The van der Waals surface area contributed by atoms with Gasteiger partial charge in [0.2, 0.25) is 0 Å². The lowest BCUT2D eigenvalue weighted by Crippen LogP contribution is -2.14. The molecule has 0 rings (SSSR count). The minimum absolute atomic E-state index is 0.285. The zero-order chi connectivity index (χ0) is 9.07. The van der Waals surface area contributed by atoms with E-state index in [2.05, 4.69) is 33.8 Å². The number of nitrogens with two attached hydrogens (primary N) is 1. The Morgan fingerprint density at radius 3 is 2.18 bits per heavy atom. The van der Waals surface area contributed by atoms with E-state index in [9.17, 15) is 0 Å². The first-order valence-electron chi connectivity index (χ1n) is 4.27. The molecule has 0 saturated carbocycles. The number of rotatable bonds is 2. The molecule has 1 unspecified atom stereocenters. The third kappa shape index (κ3) is 5.02. The molecule has 0 aromatic heterocycles. The van der Waals surface area contributed by atoms with Gasteiger partial charge in [0.1, 0.15) is 0 Å². The summed E-state index contributed by atoms with van der Waals surface area (Å²) >= 11 is 0. The second-order valence-electron chi connectivity index (χ2n) is 4.35. The Morgan fingerprint density at radius 1 is 1.45 bits per heavy atom. The molecule has 0 aliphatic rings. The highest BCUT2D eigenvalue weighted by Crippen LogP contribution is 2.24. The largest absolute Gasteiger partial charge is 0.328 e. The maximum atomic E-state index is 5.64. The van der Waals surface area contributed by atoms with E-state index < -0.39 is 0 Å². The van der Waals surface area contributed by atoms with E-state index in [1.54, 1.807) is 0 Å². The fourth-order valence-electron chi connectivity index (χ4n) is 0.669. The van der Waals surface area contributed by atoms with E-state index in [1.807, 2.05) is 6.92 Å². The van der Waals surface area contributed by atoms with Crippen LogP contribution < -0.4 is 5.73 Å². The van der Waals surface area contributed by atoms with E-state index in [4.69, 9.17) is 5.73 Å². The van der Waals surface area contributed by atoms with Gasteiger partial charge in [-0.2, -0.15) is 0 Å². The summed E-state index contributed by atoms with van der Waals surface area (Å²) in [4.78, 5) is 0. The predicted octanol–water partition coefficient (Wildman–Crippen LogP) is 2.72. The summed E-state index contributed by atoms with van der Waals surface area (Å²) in [5.74, 6) is 0. The summed E-state index contributed by atoms with van der Waals surface area (Å²) in [6.45, 7) is 10.9. The lowest BCUT2D eigenvalue weighted by Gasteiger charge is -2.19. The van der Waals surface area contributed by atoms with E-state index in [0.717, 1.165) is 6.42 Å². The Kier molecular flexibility index (Phi) is 3.81. The van der Waals surface area contributed by atoms with Crippen LogP contribution in [-0.4, -0.2) is 6.04 Å². The monoisotopic (exact) mass is 155 g/mol. The van der Waals surface area contributed by atoms with Crippen LogP contribution in [-0.2, 0) is 0 Å². The molecule has 0 radical (unpaired) electrons. The molecule has 0 aliphatic carbocycles. The van der Waals surface area contributed by atoms with Gasteiger partial charge in [-0.3, -0.25) is 0 Å². The fourth-order valence-corrected chi connectivity index (χ4v) is 0.669. The molecular formula is C10H21N. The average Bonchev–Trinajstić information content (AvgIpc) is 1.80. The van der Waals surface area contributed by atoms with Crippen LogP contribution in [0.4, 0.5) is 0 Å². The van der Waals surface area contributed by atoms with Gasteiger partial charge in [-0.1, -0.05) is 32.4 Å². The Balaban J connectivity index is 4.02. The Bertz CT molecular complexity index is 137. The topological polar surface area (TPSA) is 26.0 Å². The van der Waals surface area contributed by atoms with Gasteiger partial charge in [0.25, 0.3) is 0 Å². The second-order valence-corrected chi connectivity index (χ2v) is 4.35. The average molecular weight is 155 g/mol. The summed E-state index contributed by atoms with van der Waals surface area (Å²) < 4.78 is 0. The minimum atomic E-state index is 0.285. The molecule has 0 saturated heterocycles. The number of hydrogen-bond acceptors (Lipinski definition) is 1. The zero-order valence-corrected chi connectivity index (χ0v) is 8.44. The van der Waals surface area contributed by atoms with Crippen molar-refractivity contribution in [2.75, 3.05) is 0 Å². The quantitative estimate of drug-likeness (QED) is 0.610. The van der Waals surface area contributed by atoms with Gasteiger partial charge >= 0.3 is 0 Å². The SMILES string of the molecule is C/C(=C\CC(C)N)C(C)(C)C. The van der Waals surface area contributed by atoms with Crippen LogP contribution in [0.3, 0.4) is 0 Å². The highest BCUT2D eigenvalue weighted by atomic mass is 14.6. The van der Waals surface area contributed by atoms with Crippen molar-refractivity contribution in [1.29, 1.82) is 0 Å². The summed E-state index contributed by atoms with van der Waals surface area (Å²) in [5.41, 5.74) is 7.37. The molecule has 2 N–H and O–H groups in total. The van der Waals surface area contributed by atoms with Gasteiger partial charge < -0.3 is 5.73 Å². The molecule has 66 valence electrons. The zero-order valence-electron chi connectivity index (χ0n) is 8.44. The third-order valence-electron chi connectivity index (χ3n) is 1.98. The first-order chi connectivity index (χ1) is 4.84. The Hall–Kier alpha value is -0.300. The fraction of sp³-hybridized carbons (Fsp3) is 0.800. The highest BCUT2D eigenvalue weighted by molar-refractivity contribution is 5.07. The lowest BCUT2D eigenvalue weighted by molar-refractivity contribution is 0.500. The third-order valence-corrected chi connectivity index (χ3v) is 1.98. The molecule has 0 spiro atoms. The van der Waals surface area contributed by atoms with Crippen molar-refractivity contribution in [3.63, 3.8) is 0 Å². The Morgan fingerprint density at radius 2 is 1.91 bits per heavy atom. The second kappa shape index (κ2) is 3.91. The van der Waals surface area contributed by atoms with Crippen LogP contribution in [0, 0.1) is 5.41 Å². The maximum Gasteiger partial charge on any atom is 0.00451 e. The van der Waals surface area contributed by atoms with Crippen molar-refractivity contribution in [2.45, 2.75) is 47.1 Å². The minimum Gasteiger partial charge on any atom is -0.328 e.